The molecule has 3 rings (SSSR count). The van der Waals surface area contributed by atoms with Gasteiger partial charge in [0.05, 0.1) is 24.1 Å². The number of amides is 1. The van der Waals surface area contributed by atoms with Crippen molar-refractivity contribution in [3.05, 3.63) is 47.7 Å². The van der Waals surface area contributed by atoms with E-state index in [0.717, 1.165) is 30.8 Å². The highest BCUT2D eigenvalue weighted by atomic mass is 19.1. The zero-order chi connectivity index (χ0) is 19.2. The molecule has 27 heavy (non-hydrogen) atoms. The average Bonchev–Trinajstić information content (AvgIpc) is 2.66. The number of ether oxygens (including phenoxy) is 1. The second kappa shape index (κ2) is 8.88. The molecule has 1 aromatic carbocycles. The number of nitrogens with two attached hydrogens (primary N) is 1. The molecule has 2 aliphatic heterocycles. The van der Waals surface area contributed by atoms with Crippen molar-refractivity contribution < 1.29 is 24.3 Å². The van der Waals surface area contributed by atoms with Gasteiger partial charge in [-0.25, -0.2) is 4.39 Å². The maximum absolute atomic E-state index is 14.4. The van der Waals surface area contributed by atoms with Crippen LogP contribution in [0.15, 0.2) is 41.9 Å². The molecule has 0 spiro atoms. The first kappa shape index (κ1) is 19.2. The largest absolute Gasteiger partial charge is 0.488 e. The monoisotopic (exact) mass is 377 g/mol. The molecular formula is C19H26FN4O3+. The van der Waals surface area contributed by atoms with Crippen molar-refractivity contribution in [1.82, 2.24) is 5.32 Å². The number of benzene rings is 1. The molecule has 7 nitrogen and oxygen atoms in total. The molecule has 0 bridgehead atoms. The molecule has 1 amide bonds. The van der Waals surface area contributed by atoms with Crippen LogP contribution in [0.4, 0.5) is 15.8 Å². The fourth-order valence-electron chi connectivity index (χ4n) is 3.21. The highest BCUT2D eigenvalue weighted by Gasteiger charge is 2.33. The van der Waals surface area contributed by atoms with E-state index in [1.54, 1.807) is 17.0 Å². The third-order valence-corrected chi connectivity index (χ3v) is 4.48. The summed E-state index contributed by atoms with van der Waals surface area (Å²) in [7, 11) is 0. The van der Waals surface area contributed by atoms with Crippen LogP contribution in [0.25, 0.3) is 0 Å². The van der Waals surface area contributed by atoms with Crippen molar-refractivity contribution in [3.8, 4) is 0 Å². The lowest BCUT2D eigenvalue weighted by Crippen LogP contribution is -2.94. The number of rotatable bonds is 7. The van der Waals surface area contributed by atoms with Crippen molar-refractivity contribution in [2.75, 3.05) is 36.5 Å². The van der Waals surface area contributed by atoms with E-state index < -0.39 is 5.82 Å². The van der Waals surface area contributed by atoms with Gasteiger partial charge in [-0.15, -0.1) is 0 Å². The third-order valence-electron chi connectivity index (χ3n) is 4.48. The number of anilines is 2. The first-order chi connectivity index (χ1) is 13.1. The second-order valence-electron chi connectivity index (χ2n) is 6.62. The highest BCUT2D eigenvalue weighted by Crippen LogP contribution is 2.24. The summed E-state index contributed by atoms with van der Waals surface area (Å²) < 4.78 is 20.3. The van der Waals surface area contributed by atoms with Gasteiger partial charge in [0.15, 0.2) is 6.61 Å². The van der Waals surface area contributed by atoms with Gasteiger partial charge in [-0.05, 0) is 24.6 Å². The Morgan fingerprint density at radius 2 is 2.33 bits per heavy atom. The molecule has 1 unspecified atom stereocenters. The second-order valence-corrected chi connectivity index (χ2v) is 6.62. The molecular weight excluding hydrogens is 351 g/mol. The van der Waals surface area contributed by atoms with Crippen molar-refractivity contribution in [1.29, 1.82) is 0 Å². The standard InChI is InChI=1S/C19H25FN4O3/c1-13-9-19(26)24(14-4-5-17(16(20)10-14)22-7-8-25)18(23-13)12-27-15-3-2-6-21-11-15/h4-5,9-11,18,21-23,25H,2-3,6-8,12H2,1H3/p+1. The van der Waals surface area contributed by atoms with Crippen molar-refractivity contribution in [2.45, 2.75) is 25.9 Å². The predicted molar refractivity (Wildman–Crippen MR) is 100 cm³/mol. The Labute approximate surface area is 157 Å². The number of carbonyl (C=O) groups is 1. The quantitative estimate of drug-likeness (QED) is 0.559. The van der Waals surface area contributed by atoms with E-state index >= 15 is 0 Å². The van der Waals surface area contributed by atoms with Crippen LogP contribution in [0.5, 0.6) is 0 Å². The van der Waals surface area contributed by atoms with Gasteiger partial charge in [0, 0.05) is 32.6 Å². The van der Waals surface area contributed by atoms with Gasteiger partial charge in [-0.3, -0.25) is 15.0 Å². The minimum Gasteiger partial charge on any atom is -0.488 e. The summed E-state index contributed by atoms with van der Waals surface area (Å²) in [5, 5.41) is 16.8. The van der Waals surface area contributed by atoms with Crippen LogP contribution in [0.2, 0.25) is 0 Å². The molecule has 2 heterocycles. The number of hydrogen-bond donors (Lipinski definition) is 4. The summed E-state index contributed by atoms with van der Waals surface area (Å²) in [6.07, 6.45) is 4.95. The molecule has 8 heteroatoms. The number of hydrogen-bond acceptors (Lipinski definition) is 5. The number of nitrogens with zero attached hydrogens (tertiary/aromatic N) is 1. The lowest BCUT2D eigenvalue weighted by atomic mass is 10.2. The van der Waals surface area contributed by atoms with Crippen molar-refractivity contribution in [3.63, 3.8) is 0 Å². The van der Waals surface area contributed by atoms with Crippen molar-refractivity contribution >= 4 is 17.3 Å². The van der Waals surface area contributed by atoms with Crippen LogP contribution < -0.4 is 20.9 Å². The number of halogens is 1. The van der Waals surface area contributed by atoms with E-state index in [2.05, 4.69) is 10.6 Å². The number of aliphatic hydroxyl groups excluding tert-OH is 1. The zero-order valence-electron chi connectivity index (χ0n) is 15.4. The van der Waals surface area contributed by atoms with E-state index in [4.69, 9.17) is 9.84 Å². The molecule has 146 valence electrons. The minimum atomic E-state index is -0.473. The topological polar surface area (TPSA) is 90.4 Å². The lowest BCUT2D eigenvalue weighted by Gasteiger charge is -2.32. The van der Waals surface area contributed by atoms with E-state index in [-0.39, 0.29) is 25.2 Å². The number of carbonyl (C=O) groups excluding carboxylic acids is 1. The highest BCUT2D eigenvalue weighted by molar-refractivity contribution is 6.02. The fourth-order valence-corrected chi connectivity index (χ4v) is 3.21. The number of allylic oxidation sites excluding steroid dienone is 2. The molecule has 0 fully saturated rings. The SMILES string of the molecule is CC1=CC(=O)N(c2ccc(NCCO)c(F)c2)C(COC2=CNCCC2)[NH2+]1. The summed E-state index contributed by atoms with van der Waals surface area (Å²) in [5.74, 6) is 0.192. The normalized spacial score (nSPS) is 19.9. The predicted octanol–water partition coefficient (Wildman–Crippen LogP) is 0.611. The smallest absolute Gasteiger partial charge is 0.261 e. The van der Waals surface area contributed by atoms with Crippen LogP contribution in [0, 0.1) is 5.82 Å². The molecule has 1 aromatic rings. The van der Waals surface area contributed by atoms with Crippen LogP contribution in [-0.2, 0) is 9.53 Å². The van der Waals surface area contributed by atoms with Gasteiger partial charge in [0.1, 0.15) is 17.3 Å². The molecule has 0 aliphatic carbocycles. The van der Waals surface area contributed by atoms with Gasteiger partial charge >= 0.3 is 0 Å². The summed E-state index contributed by atoms with van der Waals surface area (Å²) in [4.78, 5) is 14.2. The van der Waals surface area contributed by atoms with Crippen LogP contribution >= 0.6 is 0 Å². The molecule has 5 N–H and O–H groups in total. The van der Waals surface area contributed by atoms with Crippen molar-refractivity contribution in [2.24, 2.45) is 0 Å². The number of nitrogens with one attached hydrogen (secondary N) is 2. The number of aliphatic hydroxyl groups is 1. The maximum atomic E-state index is 14.4. The fraction of sp³-hybridized carbons (Fsp3) is 0.421. The Hall–Kier alpha value is -2.58. The first-order valence-electron chi connectivity index (χ1n) is 9.14. The Bertz CT molecular complexity index is 750. The van der Waals surface area contributed by atoms with E-state index in [0.29, 0.717) is 18.0 Å². The Kier molecular flexibility index (Phi) is 6.31. The van der Waals surface area contributed by atoms with Crippen LogP contribution in [0.3, 0.4) is 0 Å². The summed E-state index contributed by atoms with van der Waals surface area (Å²) >= 11 is 0. The summed E-state index contributed by atoms with van der Waals surface area (Å²) in [6.45, 7) is 3.27. The average molecular weight is 377 g/mol. The van der Waals surface area contributed by atoms with Gasteiger partial charge in [0.25, 0.3) is 5.91 Å². The summed E-state index contributed by atoms with van der Waals surface area (Å²) in [6, 6.07) is 4.59. The van der Waals surface area contributed by atoms with Gasteiger partial charge in [-0.2, -0.15) is 0 Å². The molecule has 0 radical (unpaired) electrons. The Balaban J connectivity index is 1.78. The van der Waals surface area contributed by atoms with Gasteiger partial charge in [0.2, 0.25) is 6.17 Å². The van der Waals surface area contributed by atoms with Gasteiger partial charge in [-0.1, -0.05) is 0 Å². The number of quaternary nitrogens is 1. The first-order valence-corrected chi connectivity index (χ1v) is 9.14. The van der Waals surface area contributed by atoms with Crippen LogP contribution in [0.1, 0.15) is 19.8 Å². The third kappa shape index (κ3) is 4.78. The minimum absolute atomic E-state index is 0.0883. The molecule has 2 aliphatic rings. The lowest BCUT2D eigenvalue weighted by molar-refractivity contribution is -0.645. The molecule has 0 saturated carbocycles. The maximum Gasteiger partial charge on any atom is 0.261 e. The van der Waals surface area contributed by atoms with E-state index in [1.165, 1.54) is 12.1 Å². The van der Waals surface area contributed by atoms with Crippen LogP contribution in [-0.4, -0.2) is 43.5 Å². The van der Waals surface area contributed by atoms with Gasteiger partial charge < -0.3 is 20.5 Å². The van der Waals surface area contributed by atoms with E-state index in [1.807, 2.05) is 18.4 Å². The zero-order valence-corrected chi connectivity index (χ0v) is 15.4. The molecule has 0 aromatic heterocycles. The molecule has 1 atom stereocenters. The summed E-state index contributed by atoms with van der Waals surface area (Å²) in [5.41, 5.74) is 1.62. The molecule has 0 saturated heterocycles. The Morgan fingerprint density at radius 3 is 3.04 bits per heavy atom. The Morgan fingerprint density at radius 1 is 1.48 bits per heavy atom. The van der Waals surface area contributed by atoms with E-state index in [9.17, 15) is 9.18 Å².